The molecule has 0 spiro atoms. The molecule has 5 nitrogen and oxygen atoms in total. The zero-order chi connectivity index (χ0) is 16.9. The maximum atomic E-state index is 11.5. The van der Waals surface area contributed by atoms with Gasteiger partial charge < -0.3 is 20.3 Å². The Kier molecular flexibility index (Phi) is 5.88. The van der Waals surface area contributed by atoms with Gasteiger partial charge in [-0.2, -0.15) is 0 Å². The number of fused-ring (bicyclic) bond motifs is 1. The van der Waals surface area contributed by atoms with Gasteiger partial charge >= 0.3 is 6.09 Å². The Labute approximate surface area is 139 Å². The molecule has 1 aliphatic rings. The minimum Gasteiger partial charge on any atom is -0.444 e. The molecular weight excluding hydrogens is 290 g/mol. The first-order chi connectivity index (χ1) is 10.8. The number of carbonyl (C=O) groups is 1. The van der Waals surface area contributed by atoms with Crippen LogP contribution in [0.15, 0.2) is 18.2 Å². The van der Waals surface area contributed by atoms with E-state index < -0.39 is 5.60 Å². The molecule has 1 heterocycles. The van der Waals surface area contributed by atoms with Gasteiger partial charge in [0, 0.05) is 32.4 Å². The SMILES string of the molecule is CN1CCc2cc(CNCCCNC(=O)OC(C)(C)C)ccc21. The summed E-state index contributed by atoms with van der Waals surface area (Å²) in [5, 5.41) is 6.19. The van der Waals surface area contributed by atoms with Gasteiger partial charge in [-0.3, -0.25) is 0 Å². The molecule has 128 valence electrons. The van der Waals surface area contributed by atoms with Crippen molar-refractivity contribution in [3.8, 4) is 0 Å². The molecule has 0 saturated carbocycles. The first-order valence-electron chi connectivity index (χ1n) is 8.36. The van der Waals surface area contributed by atoms with Gasteiger partial charge in [0.1, 0.15) is 5.60 Å². The fraction of sp³-hybridized carbons (Fsp3) is 0.611. The smallest absolute Gasteiger partial charge is 0.407 e. The minimum atomic E-state index is -0.441. The molecule has 0 unspecified atom stereocenters. The summed E-state index contributed by atoms with van der Waals surface area (Å²) in [6.45, 7) is 9.06. The lowest BCUT2D eigenvalue weighted by atomic mass is 10.1. The highest BCUT2D eigenvalue weighted by molar-refractivity contribution is 5.67. The second-order valence-corrected chi connectivity index (χ2v) is 7.09. The number of nitrogens with one attached hydrogen (secondary N) is 2. The van der Waals surface area contributed by atoms with Crippen LogP contribution in [-0.4, -0.2) is 38.4 Å². The van der Waals surface area contributed by atoms with Gasteiger partial charge in [0.25, 0.3) is 0 Å². The molecule has 0 atom stereocenters. The van der Waals surface area contributed by atoms with Gasteiger partial charge in [-0.15, -0.1) is 0 Å². The summed E-state index contributed by atoms with van der Waals surface area (Å²) in [6, 6.07) is 6.70. The number of anilines is 1. The van der Waals surface area contributed by atoms with E-state index in [1.807, 2.05) is 20.8 Å². The molecule has 2 N–H and O–H groups in total. The van der Waals surface area contributed by atoms with Crippen molar-refractivity contribution in [2.75, 3.05) is 31.6 Å². The van der Waals surface area contributed by atoms with E-state index >= 15 is 0 Å². The normalized spacial score (nSPS) is 13.8. The van der Waals surface area contributed by atoms with Gasteiger partial charge in [0.15, 0.2) is 0 Å². The highest BCUT2D eigenvalue weighted by Gasteiger charge is 2.16. The van der Waals surface area contributed by atoms with E-state index in [0.717, 1.165) is 32.5 Å². The Morgan fingerprint density at radius 3 is 2.83 bits per heavy atom. The second-order valence-electron chi connectivity index (χ2n) is 7.09. The van der Waals surface area contributed by atoms with Gasteiger partial charge in [0.05, 0.1) is 0 Å². The standard InChI is InChI=1S/C18H29N3O2/c1-18(2,3)23-17(22)20-10-5-9-19-13-14-6-7-16-15(12-14)8-11-21(16)4/h6-7,12,19H,5,8-11,13H2,1-4H3,(H,20,22). The predicted octanol–water partition coefficient (Wildman–Crippen LogP) is 2.68. The molecular formula is C18H29N3O2. The lowest BCUT2D eigenvalue weighted by Crippen LogP contribution is -2.33. The fourth-order valence-corrected chi connectivity index (χ4v) is 2.68. The van der Waals surface area contributed by atoms with Crippen LogP contribution in [0.25, 0.3) is 0 Å². The number of benzene rings is 1. The molecule has 0 saturated heterocycles. The molecule has 23 heavy (non-hydrogen) atoms. The number of amides is 1. The molecule has 2 rings (SSSR count). The lowest BCUT2D eigenvalue weighted by molar-refractivity contribution is 0.0527. The lowest BCUT2D eigenvalue weighted by Gasteiger charge is -2.19. The van der Waals surface area contributed by atoms with Crippen molar-refractivity contribution < 1.29 is 9.53 Å². The summed E-state index contributed by atoms with van der Waals surface area (Å²) in [5.74, 6) is 0. The molecule has 1 aromatic carbocycles. The predicted molar refractivity (Wildman–Crippen MR) is 94.0 cm³/mol. The third-order valence-electron chi connectivity index (χ3n) is 3.80. The third-order valence-corrected chi connectivity index (χ3v) is 3.80. The Morgan fingerprint density at radius 2 is 2.09 bits per heavy atom. The monoisotopic (exact) mass is 319 g/mol. The van der Waals surface area contributed by atoms with Crippen LogP contribution in [0.3, 0.4) is 0 Å². The molecule has 1 amide bonds. The second kappa shape index (κ2) is 7.68. The quantitative estimate of drug-likeness (QED) is 0.792. The summed E-state index contributed by atoms with van der Waals surface area (Å²) in [7, 11) is 2.14. The molecule has 0 fully saturated rings. The highest BCUT2D eigenvalue weighted by atomic mass is 16.6. The highest BCUT2D eigenvalue weighted by Crippen LogP contribution is 2.27. The van der Waals surface area contributed by atoms with Crippen LogP contribution in [0.2, 0.25) is 0 Å². The largest absolute Gasteiger partial charge is 0.444 e. The van der Waals surface area contributed by atoms with Crippen LogP contribution in [-0.2, 0) is 17.7 Å². The molecule has 0 bridgehead atoms. The van der Waals surface area contributed by atoms with Crippen molar-refractivity contribution in [2.24, 2.45) is 0 Å². The number of alkyl carbamates (subject to hydrolysis) is 1. The zero-order valence-electron chi connectivity index (χ0n) is 14.7. The van der Waals surface area contributed by atoms with Crippen LogP contribution in [0.5, 0.6) is 0 Å². The van der Waals surface area contributed by atoms with Crippen LogP contribution >= 0.6 is 0 Å². The topological polar surface area (TPSA) is 53.6 Å². The van der Waals surface area contributed by atoms with Crippen LogP contribution < -0.4 is 15.5 Å². The van der Waals surface area contributed by atoms with E-state index in [9.17, 15) is 4.79 Å². The Morgan fingerprint density at radius 1 is 1.30 bits per heavy atom. The summed E-state index contributed by atoms with van der Waals surface area (Å²) in [4.78, 5) is 13.8. The van der Waals surface area contributed by atoms with Gasteiger partial charge in [-0.25, -0.2) is 4.79 Å². The van der Waals surface area contributed by atoms with Crippen molar-refractivity contribution in [3.05, 3.63) is 29.3 Å². The fourth-order valence-electron chi connectivity index (χ4n) is 2.68. The van der Waals surface area contributed by atoms with E-state index in [1.54, 1.807) is 0 Å². The van der Waals surface area contributed by atoms with Crippen molar-refractivity contribution in [1.82, 2.24) is 10.6 Å². The summed E-state index contributed by atoms with van der Waals surface area (Å²) in [5.41, 5.74) is 3.68. The number of rotatable bonds is 6. The number of ether oxygens (including phenoxy) is 1. The van der Waals surface area contributed by atoms with E-state index in [-0.39, 0.29) is 6.09 Å². The molecule has 5 heteroatoms. The average Bonchev–Trinajstić information content (AvgIpc) is 2.82. The number of likely N-dealkylation sites (N-methyl/N-ethyl adjacent to an activating group) is 1. The summed E-state index contributed by atoms with van der Waals surface area (Å²) < 4.78 is 5.19. The Balaban J connectivity index is 1.60. The van der Waals surface area contributed by atoms with Crippen molar-refractivity contribution in [1.29, 1.82) is 0 Å². The number of hydrogen-bond donors (Lipinski definition) is 2. The molecule has 0 aliphatic carbocycles. The Bertz CT molecular complexity index is 538. The van der Waals surface area contributed by atoms with Gasteiger partial charge in [-0.1, -0.05) is 12.1 Å². The number of carbonyl (C=O) groups excluding carboxylic acids is 1. The molecule has 0 aromatic heterocycles. The van der Waals surface area contributed by atoms with E-state index in [2.05, 4.69) is 40.8 Å². The van der Waals surface area contributed by atoms with Gasteiger partial charge in [-0.05, 0) is 57.4 Å². The molecule has 1 aliphatic heterocycles. The maximum Gasteiger partial charge on any atom is 0.407 e. The molecule has 1 aromatic rings. The summed E-state index contributed by atoms with van der Waals surface area (Å²) in [6.07, 6.45) is 1.67. The van der Waals surface area contributed by atoms with E-state index in [1.165, 1.54) is 16.8 Å². The van der Waals surface area contributed by atoms with Crippen LogP contribution in [0.4, 0.5) is 10.5 Å². The average molecular weight is 319 g/mol. The zero-order valence-corrected chi connectivity index (χ0v) is 14.7. The summed E-state index contributed by atoms with van der Waals surface area (Å²) >= 11 is 0. The number of hydrogen-bond acceptors (Lipinski definition) is 4. The van der Waals surface area contributed by atoms with Crippen molar-refractivity contribution in [3.63, 3.8) is 0 Å². The van der Waals surface area contributed by atoms with E-state index in [0.29, 0.717) is 6.54 Å². The third kappa shape index (κ3) is 5.75. The molecule has 0 radical (unpaired) electrons. The number of nitrogens with zero attached hydrogens (tertiary/aromatic N) is 1. The van der Waals surface area contributed by atoms with Crippen molar-refractivity contribution in [2.45, 2.75) is 45.8 Å². The van der Waals surface area contributed by atoms with Crippen molar-refractivity contribution >= 4 is 11.8 Å². The van der Waals surface area contributed by atoms with Crippen LogP contribution in [0.1, 0.15) is 38.3 Å². The minimum absolute atomic E-state index is 0.347. The Hall–Kier alpha value is -1.75. The van der Waals surface area contributed by atoms with Gasteiger partial charge in [0.2, 0.25) is 0 Å². The maximum absolute atomic E-state index is 11.5. The van der Waals surface area contributed by atoms with Crippen LogP contribution in [0, 0.1) is 0 Å². The first-order valence-corrected chi connectivity index (χ1v) is 8.36. The van der Waals surface area contributed by atoms with E-state index in [4.69, 9.17) is 4.74 Å². The first kappa shape index (κ1) is 17.6.